The van der Waals surface area contributed by atoms with Crippen LogP contribution < -0.4 is 0 Å². The predicted molar refractivity (Wildman–Crippen MR) is 123 cm³/mol. The first-order chi connectivity index (χ1) is 15.8. The van der Waals surface area contributed by atoms with Crippen molar-refractivity contribution in [3.8, 4) is 0 Å². The van der Waals surface area contributed by atoms with Crippen LogP contribution in [0.15, 0.2) is 12.4 Å². The molecule has 34 heavy (non-hydrogen) atoms. The molecule has 5 rings (SSSR count). The minimum Gasteiger partial charge on any atom is -0.390 e. The van der Waals surface area contributed by atoms with Crippen LogP contribution in [0.5, 0.6) is 0 Å². The molecular weight excluding hydrogens is 441 g/mol. The van der Waals surface area contributed by atoms with E-state index in [0.29, 0.717) is 35.5 Å². The molecule has 0 radical (unpaired) electrons. The molecule has 0 unspecified atom stereocenters. The Balaban J connectivity index is 1.34. The lowest BCUT2D eigenvalue weighted by molar-refractivity contribution is -0.148. The summed E-state index contributed by atoms with van der Waals surface area (Å²) in [5, 5.41) is 14.7. The van der Waals surface area contributed by atoms with E-state index in [1.54, 1.807) is 0 Å². The molecule has 7 heteroatoms. The van der Waals surface area contributed by atoms with Crippen LogP contribution in [0.25, 0.3) is 0 Å². The minimum absolute atomic E-state index is 0.0174. The zero-order valence-corrected chi connectivity index (χ0v) is 20.9. The summed E-state index contributed by atoms with van der Waals surface area (Å²) < 4.78 is 40.1. The van der Waals surface area contributed by atoms with Gasteiger partial charge in [-0.05, 0) is 99.2 Å². The van der Waals surface area contributed by atoms with E-state index >= 15 is 0 Å². The fourth-order valence-electron chi connectivity index (χ4n) is 8.89. The molecule has 0 spiro atoms. The number of carbonyl (C=O) groups excluding carboxylic acids is 1. The fraction of sp³-hybridized carbons (Fsp3) is 0.852. The number of alkyl halides is 3. The molecule has 4 aliphatic rings. The normalized spacial score (nSPS) is 46.5. The molecule has 190 valence electrons. The monoisotopic (exact) mass is 480 g/mol. The van der Waals surface area contributed by atoms with Crippen LogP contribution in [-0.4, -0.2) is 26.3 Å². The first kappa shape index (κ1) is 24.3. The number of hydrogen-bond donors (Lipinski definition) is 1. The summed E-state index contributed by atoms with van der Waals surface area (Å²) in [4.78, 5) is 13.6. The second-order valence-corrected chi connectivity index (χ2v) is 12.8. The lowest BCUT2D eigenvalue weighted by Gasteiger charge is -2.59. The number of carbonyl (C=O) groups is 1. The van der Waals surface area contributed by atoms with Crippen LogP contribution in [0.2, 0.25) is 0 Å². The third-order valence-corrected chi connectivity index (χ3v) is 11.4. The van der Waals surface area contributed by atoms with Crippen LogP contribution in [0.3, 0.4) is 0 Å². The summed E-state index contributed by atoms with van der Waals surface area (Å²) in [7, 11) is 0. The molecule has 4 saturated carbocycles. The Bertz CT molecular complexity index is 956. The molecule has 4 fully saturated rings. The Morgan fingerprint density at radius 1 is 1.12 bits per heavy atom. The summed E-state index contributed by atoms with van der Waals surface area (Å²) in [6, 6.07) is 0. The van der Waals surface area contributed by atoms with Crippen molar-refractivity contribution in [2.24, 2.45) is 46.3 Å². The molecule has 1 heterocycles. The SMILES string of the molecule is C[C@H]1C[C@H]2[C@H](CC[C@@H]3[C@@H]2CC[C@@]2(C)[C@H]3CC[C@]2(C)C(=O)Cn2cc(C(F)(F)F)cn2)C[C@]1(C)O. The van der Waals surface area contributed by atoms with E-state index in [4.69, 9.17) is 0 Å². The van der Waals surface area contributed by atoms with Gasteiger partial charge in [-0.15, -0.1) is 0 Å². The van der Waals surface area contributed by atoms with Crippen molar-refractivity contribution < 1.29 is 23.1 Å². The molecule has 9 atom stereocenters. The Kier molecular flexibility index (Phi) is 5.59. The highest BCUT2D eigenvalue weighted by Gasteiger charge is 2.64. The summed E-state index contributed by atoms with van der Waals surface area (Å²) >= 11 is 0. The molecule has 1 N–H and O–H groups in total. The number of ketones is 1. The number of halogens is 3. The maximum atomic E-state index is 13.6. The second kappa shape index (κ2) is 7.81. The molecular formula is C27H39F3N2O2. The van der Waals surface area contributed by atoms with Gasteiger partial charge in [0.2, 0.25) is 0 Å². The molecule has 4 nitrogen and oxygen atoms in total. The van der Waals surface area contributed by atoms with Gasteiger partial charge in [0.05, 0.1) is 17.4 Å². The van der Waals surface area contributed by atoms with E-state index in [1.165, 1.54) is 17.5 Å². The van der Waals surface area contributed by atoms with E-state index in [9.17, 15) is 23.1 Å². The average Bonchev–Trinajstić information content (AvgIpc) is 3.32. The standard InChI is InChI=1S/C27H39F3N2O2/c1-16-11-21-17(12-26(16,4)34)5-6-20-19(21)7-9-24(2)22(20)8-10-25(24,3)23(33)15-32-14-18(13-31-32)27(28,29)30/h13-14,16-17,19-22,34H,5-12,15H2,1-4H3/t16-,17+,19-,20+,21-,22-,24-,25+,26-/m0/s1. The van der Waals surface area contributed by atoms with Gasteiger partial charge in [0, 0.05) is 11.6 Å². The van der Waals surface area contributed by atoms with Gasteiger partial charge in [-0.2, -0.15) is 18.3 Å². The van der Waals surface area contributed by atoms with Gasteiger partial charge in [0.1, 0.15) is 6.54 Å². The molecule has 0 aliphatic heterocycles. The molecule has 1 aromatic rings. The Hall–Kier alpha value is -1.37. The summed E-state index contributed by atoms with van der Waals surface area (Å²) in [6.07, 6.45) is 5.61. The minimum atomic E-state index is -4.45. The van der Waals surface area contributed by atoms with Gasteiger partial charge in [-0.1, -0.05) is 20.8 Å². The summed E-state index contributed by atoms with van der Waals surface area (Å²) in [5.41, 5.74) is -2.02. The highest BCUT2D eigenvalue weighted by atomic mass is 19.4. The molecule has 1 aromatic heterocycles. The Labute approximate surface area is 200 Å². The first-order valence-electron chi connectivity index (χ1n) is 13.1. The second-order valence-electron chi connectivity index (χ2n) is 12.8. The quantitative estimate of drug-likeness (QED) is 0.566. The van der Waals surface area contributed by atoms with Crippen molar-refractivity contribution in [1.29, 1.82) is 0 Å². The third kappa shape index (κ3) is 3.58. The van der Waals surface area contributed by atoms with E-state index in [1.807, 2.05) is 6.92 Å². The highest BCUT2D eigenvalue weighted by Crippen LogP contribution is 2.68. The number of Topliss-reactive ketones (excluding diaryl/α,β-unsaturated/α-hetero) is 1. The first-order valence-corrected chi connectivity index (χ1v) is 13.1. The summed E-state index contributed by atoms with van der Waals surface area (Å²) in [5.74, 6) is 3.39. The Morgan fingerprint density at radius 2 is 1.85 bits per heavy atom. The van der Waals surface area contributed by atoms with Crippen molar-refractivity contribution in [1.82, 2.24) is 9.78 Å². The van der Waals surface area contributed by atoms with Crippen molar-refractivity contribution in [3.63, 3.8) is 0 Å². The van der Waals surface area contributed by atoms with Crippen molar-refractivity contribution in [2.75, 3.05) is 0 Å². The lowest BCUT2D eigenvalue weighted by atomic mass is 9.46. The van der Waals surface area contributed by atoms with Crippen LogP contribution in [-0.2, 0) is 17.5 Å². The summed E-state index contributed by atoms with van der Waals surface area (Å²) in [6.45, 7) is 8.44. The number of aliphatic hydroxyl groups is 1. The van der Waals surface area contributed by atoms with E-state index < -0.39 is 22.8 Å². The maximum absolute atomic E-state index is 13.6. The van der Waals surface area contributed by atoms with Gasteiger partial charge in [0.25, 0.3) is 0 Å². The van der Waals surface area contributed by atoms with E-state index in [2.05, 4.69) is 25.9 Å². The van der Waals surface area contributed by atoms with Crippen LogP contribution in [0, 0.1) is 46.3 Å². The van der Waals surface area contributed by atoms with Crippen LogP contribution in [0.4, 0.5) is 13.2 Å². The number of hydrogen-bond acceptors (Lipinski definition) is 3. The van der Waals surface area contributed by atoms with Crippen LogP contribution in [0.1, 0.15) is 84.6 Å². The predicted octanol–water partition coefficient (Wildman–Crippen LogP) is 6.13. The molecule has 0 aromatic carbocycles. The zero-order valence-electron chi connectivity index (χ0n) is 20.9. The topological polar surface area (TPSA) is 55.1 Å². The van der Waals surface area contributed by atoms with E-state index in [0.717, 1.165) is 50.9 Å². The highest BCUT2D eigenvalue weighted by molar-refractivity contribution is 5.85. The Morgan fingerprint density at radius 3 is 2.53 bits per heavy atom. The number of fused-ring (bicyclic) bond motifs is 5. The smallest absolute Gasteiger partial charge is 0.390 e. The van der Waals surface area contributed by atoms with Gasteiger partial charge >= 0.3 is 6.18 Å². The molecule has 0 saturated heterocycles. The zero-order chi connectivity index (χ0) is 24.7. The average molecular weight is 481 g/mol. The fourth-order valence-corrected chi connectivity index (χ4v) is 8.89. The van der Waals surface area contributed by atoms with Gasteiger partial charge in [0.15, 0.2) is 5.78 Å². The molecule has 4 aliphatic carbocycles. The number of nitrogens with zero attached hydrogens (tertiary/aromatic N) is 2. The van der Waals surface area contributed by atoms with Crippen molar-refractivity contribution in [3.05, 3.63) is 18.0 Å². The molecule has 0 amide bonds. The largest absolute Gasteiger partial charge is 0.419 e. The molecule has 0 bridgehead atoms. The van der Waals surface area contributed by atoms with Crippen molar-refractivity contribution >= 4 is 5.78 Å². The van der Waals surface area contributed by atoms with E-state index in [-0.39, 0.29) is 17.7 Å². The van der Waals surface area contributed by atoms with Crippen molar-refractivity contribution in [2.45, 2.75) is 97.4 Å². The van der Waals surface area contributed by atoms with Gasteiger partial charge < -0.3 is 5.11 Å². The van der Waals surface area contributed by atoms with Gasteiger partial charge in [-0.3, -0.25) is 9.48 Å². The number of aromatic nitrogens is 2. The van der Waals surface area contributed by atoms with Crippen LogP contribution >= 0.6 is 0 Å². The van der Waals surface area contributed by atoms with Gasteiger partial charge in [-0.25, -0.2) is 0 Å². The third-order valence-electron chi connectivity index (χ3n) is 11.4. The maximum Gasteiger partial charge on any atom is 0.419 e. The number of rotatable bonds is 3. The lowest BCUT2D eigenvalue weighted by Crippen LogP contribution is -2.54.